The maximum atomic E-state index is 11.6. The largest absolute Gasteiger partial charge is 0.493 e. The first-order valence-corrected chi connectivity index (χ1v) is 7.30. The van der Waals surface area contributed by atoms with Gasteiger partial charge in [-0.2, -0.15) is 0 Å². The molecule has 0 aromatic heterocycles. The smallest absolute Gasteiger partial charge is 0.223 e. The summed E-state index contributed by atoms with van der Waals surface area (Å²) >= 11 is 0. The molecule has 0 bridgehead atoms. The number of benzene rings is 1. The molecular formula is C16H27ClN2O3. The predicted octanol–water partition coefficient (Wildman–Crippen LogP) is 1.85. The van der Waals surface area contributed by atoms with Crippen molar-refractivity contribution in [3.8, 4) is 5.75 Å². The van der Waals surface area contributed by atoms with Crippen LogP contribution in [0.1, 0.15) is 17.5 Å². The van der Waals surface area contributed by atoms with E-state index in [0.717, 1.165) is 24.4 Å². The van der Waals surface area contributed by atoms with E-state index in [1.54, 1.807) is 7.11 Å². The number of nitrogens with one attached hydrogen (secondary N) is 2. The summed E-state index contributed by atoms with van der Waals surface area (Å²) in [6.45, 7) is 7.30. The van der Waals surface area contributed by atoms with E-state index >= 15 is 0 Å². The van der Waals surface area contributed by atoms with E-state index in [9.17, 15) is 4.79 Å². The van der Waals surface area contributed by atoms with E-state index in [1.807, 2.05) is 32.0 Å². The van der Waals surface area contributed by atoms with Crippen molar-refractivity contribution >= 4 is 18.3 Å². The molecule has 0 radical (unpaired) electrons. The fraction of sp³-hybridized carbons (Fsp3) is 0.562. The lowest BCUT2D eigenvalue weighted by Crippen LogP contribution is -2.33. The van der Waals surface area contributed by atoms with Crippen LogP contribution in [-0.4, -0.2) is 45.9 Å². The molecule has 0 unspecified atom stereocenters. The highest BCUT2D eigenvalue weighted by Crippen LogP contribution is 2.20. The summed E-state index contributed by atoms with van der Waals surface area (Å²) in [5.74, 6) is 0.859. The van der Waals surface area contributed by atoms with Crippen LogP contribution in [0.15, 0.2) is 18.2 Å². The summed E-state index contributed by atoms with van der Waals surface area (Å²) in [6.07, 6.45) is 0.367. The number of rotatable bonds is 10. The number of carbonyl (C=O) groups is 1. The van der Waals surface area contributed by atoms with Crippen LogP contribution in [0.5, 0.6) is 5.75 Å². The zero-order valence-corrected chi connectivity index (χ0v) is 14.4. The number of aryl methyl sites for hydroxylation is 1. The summed E-state index contributed by atoms with van der Waals surface area (Å²) in [5, 5.41) is 6.02. The number of amides is 1. The number of hydrogen-bond acceptors (Lipinski definition) is 4. The maximum absolute atomic E-state index is 11.6. The van der Waals surface area contributed by atoms with Crippen LogP contribution in [0.3, 0.4) is 0 Å². The van der Waals surface area contributed by atoms with Gasteiger partial charge in [-0.1, -0.05) is 12.1 Å². The van der Waals surface area contributed by atoms with E-state index in [1.165, 1.54) is 5.56 Å². The Morgan fingerprint density at radius 1 is 1.14 bits per heavy atom. The van der Waals surface area contributed by atoms with Crippen LogP contribution in [0.4, 0.5) is 0 Å². The maximum Gasteiger partial charge on any atom is 0.223 e. The molecule has 1 aromatic rings. The molecule has 0 atom stereocenters. The predicted molar refractivity (Wildman–Crippen MR) is 91.0 cm³/mol. The Kier molecular flexibility index (Phi) is 11.5. The molecule has 1 amide bonds. The first-order valence-electron chi connectivity index (χ1n) is 7.30. The van der Waals surface area contributed by atoms with Crippen molar-refractivity contribution in [3.63, 3.8) is 0 Å². The van der Waals surface area contributed by atoms with E-state index in [0.29, 0.717) is 26.2 Å². The lowest BCUT2D eigenvalue weighted by atomic mass is 10.1. The minimum Gasteiger partial charge on any atom is -0.493 e. The quantitative estimate of drug-likeness (QED) is 0.643. The van der Waals surface area contributed by atoms with E-state index < -0.39 is 0 Å². The van der Waals surface area contributed by atoms with Crippen molar-refractivity contribution in [1.82, 2.24) is 10.6 Å². The molecule has 2 N–H and O–H groups in total. The minimum absolute atomic E-state index is 0. The molecule has 22 heavy (non-hydrogen) atoms. The third kappa shape index (κ3) is 8.22. The second-order valence-corrected chi connectivity index (χ2v) is 4.89. The van der Waals surface area contributed by atoms with Crippen molar-refractivity contribution in [2.75, 3.05) is 40.0 Å². The molecule has 1 rings (SSSR count). The Hall–Kier alpha value is -1.30. The molecule has 126 valence electrons. The van der Waals surface area contributed by atoms with Crippen molar-refractivity contribution in [1.29, 1.82) is 0 Å². The molecule has 0 saturated heterocycles. The molecule has 0 aliphatic rings. The summed E-state index contributed by atoms with van der Waals surface area (Å²) < 4.78 is 10.6. The normalized spacial score (nSPS) is 9.95. The molecule has 5 nitrogen and oxygen atoms in total. The second kappa shape index (κ2) is 12.3. The van der Waals surface area contributed by atoms with Crippen LogP contribution in [0, 0.1) is 13.8 Å². The van der Waals surface area contributed by atoms with Gasteiger partial charge in [-0.25, -0.2) is 0 Å². The Balaban J connectivity index is 0.00000441. The topological polar surface area (TPSA) is 59.6 Å². The summed E-state index contributed by atoms with van der Waals surface area (Å²) in [7, 11) is 1.67. The lowest BCUT2D eigenvalue weighted by molar-refractivity contribution is -0.121. The van der Waals surface area contributed by atoms with Gasteiger partial charge in [0.15, 0.2) is 0 Å². The second-order valence-electron chi connectivity index (χ2n) is 4.89. The zero-order chi connectivity index (χ0) is 15.5. The first kappa shape index (κ1) is 20.7. The van der Waals surface area contributed by atoms with Gasteiger partial charge in [0.2, 0.25) is 5.91 Å². The average Bonchev–Trinajstić information content (AvgIpc) is 2.47. The lowest BCUT2D eigenvalue weighted by Gasteiger charge is -2.11. The monoisotopic (exact) mass is 330 g/mol. The van der Waals surface area contributed by atoms with Gasteiger partial charge < -0.3 is 20.1 Å². The summed E-state index contributed by atoms with van der Waals surface area (Å²) in [5.41, 5.74) is 2.32. The summed E-state index contributed by atoms with van der Waals surface area (Å²) in [6, 6.07) is 5.94. The number of carbonyl (C=O) groups excluding carboxylic acids is 1. The third-order valence-electron chi connectivity index (χ3n) is 3.25. The molecule has 1 aromatic carbocycles. The van der Waals surface area contributed by atoms with Crippen LogP contribution in [0.25, 0.3) is 0 Å². The van der Waals surface area contributed by atoms with Crippen molar-refractivity contribution in [2.45, 2.75) is 20.3 Å². The molecular weight excluding hydrogens is 304 g/mol. The minimum atomic E-state index is 0. The summed E-state index contributed by atoms with van der Waals surface area (Å²) in [4.78, 5) is 11.6. The van der Waals surface area contributed by atoms with Gasteiger partial charge in [-0.05, 0) is 31.0 Å². The highest BCUT2D eigenvalue weighted by atomic mass is 35.5. The van der Waals surface area contributed by atoms with Crippen molar-refractivity contribution in [3.05, 3.63) is 29.3 Å². The van der Waals surface area contributed by atoms with Gasteiger partial charge in [-0.3, -0.25) is 4.79 Å². The molecule has 0 spiro atoms. The molecule has 0 heterocycles. The third-order valence-corrected chi connectivity index (χ3v) is 3.25. The van der Waals surface area contributed by atoms with Crippen LogP contribution in [-0.2, 0) is 9.53 Å². The molecule has 0 aliphatic heterocycles. The Morgan fingerprint density at radius 3 is 2.64 bits per heavy atom. The van der Waals surface area contributed by atoms with Gasteiger partial charge in [-0.15, -0.1) is 12.4 Å². The standard InChI is InChI=1S/C16H26N2O3.ClH/c1-13-5-4-6-15(14(13)2)21-11-7-16(19)18-9-8-17-10-12-20-3;/h4-6,17H,7-12H2,1-3H3,(H,18,19);1H. The number of hydrogen-bond donors (Lipinski definition) is 2. The highest BCUT2D eigenvalue weighted by Gasteiger charge is 2.04. The highest BCUT2D eigenvalue weighted by molar-refractivity contribution is 5.85. The fourth-order valence-electron chi connectivity index (χ4n) is 1.81. The molecule has 0 aliphatic carbocycles. The average molecular weight is 331 g/mol. The molecule has 6 heteroatoms. The molecule has 0 saturated carbocycles. The zero-order valence-electron chi connectivity index (χ0n) is 13.6. The van der Waals surface area contributed by atoms with Gasteiger partial charge in [0.25, 0.3) is 0 Å². The van der Waals surface area contributed by atoms with Crippen molar-refractivity contribution in [2.24, 2.45) is 0 Å². The first-order chi connectivity index (χ1) is 10.1. The number of halogens is 1. The van der Waals surface area contributed by atoms with Gasteiger partial charge in [0, 0.05) is 26.7 Å². The van der Waals surface area contributed by atoms with E-state index in [4.69, 9.17) is 9.47 Å². The molecule has 0 fully saturated rings. The number of ether oxygens (including phenoxy) is 2. The number of methoxy groups -OCH3 is 1. The van der Waals surface area contributed by atoms with Crippen LogP contribution in [0.2, 0.25) is 0 Å². The van der Waals surface area contributed by atoms with Crippen LogP contribution >= 0.6 is 12.4 Å². The van der Waals surface area contributed by atoms with Crippen molar-refractivity contribution < 1.29 is 14.3 Å². The Morgan fingerprint density at radius 2 is 1.91 bits per heavy atom. The fourth-order valence-corrected chi connectivity index (χ4v) is 1.81. The van der Waals surface area contributed by atoms with Crippen LogP contribution < -0.4 is 15.4 Å². The van der Waals surface area contributed by atoms with Gasteiger partial charge in [0.1, 0.15) is 5.75 Å². The van der Waals surface area contributed by atoms with E-state index in [-0.39, 0.29) is 18.3 Å². The van der Waals surface area contributed by atoms with Gasteiger partial charge in [0.05, 0.1) is 19.6 Å². The SMILES string of the molecule is COCCNCCNC(=O)CCOc1cccc(C)c1C.Cl. The Labute approximate surface area is 139 Å². The van der Waals surface area contributed by atoms with E-state index in [2.05, 4.69) is 10.6 Å². The van der Waals surface area contributed by atoms with Gasteiger partial charge >= 0.3 is 0 Å². The Bertz CT molecular complexity index is 441.